The lowest BCUT2D eigenvalue weighted by atomic mass is 9.69. The van der Waals surface area contributed by atoms with Gasteiger partial charge in [0.05, 0.1) is 30.9 Å². The standard InChI is InChI=1S/C23H21FN4O5S/c1-33-21-7-6-19(13-25-21)34(31,32)27-9-8-16-10-20-15(11-23(16,14-27)22(29)30)12-26-28(20)18-4-2-17(24)3-5-18/h2-7,10,12-13H,8-9,11,14H2,1H3,(H,29,30). The molecule has 1 aliphatic carbocycles. The SMILES string of the molecule is COc1ccc(S(=O)(=O)N2CCC3=Cc4c(cnn4-c4ccc(F)cc4)CC3(C(=O)O)C2)cn1. The molecular formula is C23H21FN4O5S. The molecule has 1 aliphatic heterocycles. The molecule has 0 bridgehead atoms. The van der Waals surface area contributed by atoms with Crippen LogP contribution in [0.5, 0.6) is 5.88 Å². The van der Waals surface area contributed by atoms with Gasteiger partial charge in [0.1, 0.15) is 16.1 Å². The average Bonchev–Trinajstić information content (AvgIpc) is 3.24. The number of carboxylic acid groups (broad SMARTS) is 1. The van der Waals surface area contributed by atoms with Gasteiger partial charge >= 0.3 is 5.97 Å². The molecule has 34 heavy (non-hydrogen) atoms. The predicted octanol–water partition coefficient (Wildman–Crippen LogP) is 2.52. The maximum Gasteiger partial charge on any atom is 0.315 e. The van der Waals surface area contributed by atoms with Gasteiger partial charge < -0.3 is 9.84 Å². The van der Waals surface area contributed by atoms with Gasteiger partial charge in [-0.15, -0.1) is 0 Å². The topological polar surface area (TPSA) is 115 Å². The van der Waals surface area contributed by atoms with Gasteiger partial charge in [0.2, 0.25) is 15.9 Å². The highest BCUT2D eigenvalue weighted by molar-refractivity contribution is 7.89. The maximum absolute atomic E-state index is 13.4. The van der Waals surface area contributed by atoms with Crippen molar-refractivity contribution >= 4 is 22.1 Å². The zero-order valence-electron chi connectivity index (χ0n) is 18.2. The molecule has 2 aromatic heterocycles. The van der Waals surface area contributed by atoms with E-state index >= 15 is 0 Å². The van der Waals surface area contributed by atoms with Gasteiger partial charge in [-0.3, -0.25) is 4.79 Å². The average molecular weight is 485 g/mol. The summed E-state index contributed by atoms with van der Waals surface area (Å²) in [4.78, 5) is 16.5. The first-order chi connectivity index (χ1) is 16.2. The number of piperidine rings is 1. The van der Waals surface area contributed by atoms with Crippen LogP contribution >= 0.6 is 0 Å². The Morgan fingerprint density at radius 1 is 1.18 bits per heavy atom. The number of benzene rings is 1. The zero-order valence-corrected chi connectivity index (χ0v) is 19.0. The van der Waals surface area contributed by atoms with E-state index in [0.717, 1.165) is 0 Å². The Kier molecular flexibility index (Phi) is 5.25. The summed E-state index contributed by atoms with van der Waals surface area (Å²) in [5.74, 6) is -1.18. The Morgan fingerprint density at radius 3 is 2.59 bits per heavy atom. The Bertz CT molecular complexity index is 1400. The van der Waals surface area contributed by atoms with Crippen molar-refractivity contribution in [1.82, 2.24) is 19.1 Å². The first kappa shape index (κ1) is 22.2. The number of methoxy groups -OCH3 is 1. The number of fused-ring (bicyclic) bond motifs is 2. The molecule has 0 radical (unpaired) electrons. The van der Waals surface area contributed by atoms with E-state index in [0.29, 0.717) is 22.5 Å². The summed E-state index contributed by atoms with van der Waals surface area (Å²) in [6.07, 6.45) is 4.92. The Labute approximate surface area is 195 Å². The minimum absolute atomic E-state index is 0.0260. The number of nitrogens with zero attached hydrogens (tertiary/aromatic N) is 4. The van der Waals surface area contributed by atoms with Crippen molar-refractivity contribution in [3.8, 4) is 11.6 Å². The number of carboxylic acids is 1. The molecule has 0 saturated carbocycles. The van der Waals surface area contributed by atoms with Gasteiger partial charge in [0.15, 0.2) is 0 Å². The largest absolute Gasteiger partial charge is 0.481 e. The van der Waals surface area contributed by atoms with Gasteiger partial charge in [-0.2, -0.15) is 9.40 Å². The molecule has 2 aliphatic rings. The lowest BCUT2D eigenvalue weighted by Gasteiger charge is -2.43. The van der Waals surface area contributed by atoms with Crippen LogP contribution in [0.4, 0.5) is 4.39 Å². The highest BCUT2D eigenvalue weighted by atomic mass is 32.2. The third-order valence-electron chi connectivity index (χ3n) is 6.42. The number of aliphatic carboxylic acids is 1. The lowest BCUT2D eigenvalue weighted by molar-refractivity contribution is -0.147. The summed E-state index contributed by atoms with van der Waals surface area (Å²) in [6, 6.07) is 8.70. The van der Waals surface area contributed by atoms with Gasteiger partial charge in [-0.05, 0) is 60.4 Å². The zero-order chi connectivity index (χ0) is 24.1. The Balaban J connectivity index is 1.51. The molecular weight excluding hydrogens is 463 g/mol. The highest BCUT2D eigenvalue weighted by Crippen LogP contribution is 2.45. The van der Waals surface area contributed by atoms with Crippen LogP contribution in [0, 0.1) is 11.2 Å². The molecule has 1 N–H and O–H groups in total. The number of aromatic nitrogens is 3. The molecule has 5 rings (SSSR count). The van der Waals surface area contributed by atoms with Crippen LogP contribution in [-0.2, 0) is 21.2 Å². The summed E-state index contributed by atoms with van der Waals surface area (Å²) in [7, 11) is -2.53. The van der Waals surface area contributed by atoms with E-state index in [2.05, 4.69) is 10.1 Å². The fourth-order valence-electron chi connectivity index (χ4n) is 4.58. The van der Waals surface area contributed by atoms with Gasteiger partial charge in [0, 0.05) is 19.2 Å². The third-order valence-corrected chi connectivity index (χ3v) is 8.25. The third kappa shape index (κ3) is 3.48. The maximum atomic E-state index is 13.4. The van der Waals surface area contributed by atoms with Crippen molar-refractivity contribution in [2.45, 2.75) is 17.7 Å². The smallest absolute Gasteiger partial charge is 0.315 e. The molecule has 1 saturated heterocycles. The van der Waals surface area contributed by atoms with E-state index in [4.69, 9.17) is 4.74 Å². The van der Waals surface area contributed by atoms with Crippen molar-refractivity contribution in [1.29, 1.82) is 0 Å². The lowest BCUT2D eigenvalue weighted by Crippen LogP contribution is -2.53. The van der Waals surface area contributed by atoms with Gasteiger partial charge in [-0.1, -0.05) is 0 Å². The van der Waals surface area contributed by atoms with Crippen LogP contribution in [0.2, 0.25) is 0 Å². The molecule has 3 aromatic rings. The van der Waals surface area contributed by atoms with Crippen LogP contribution in [0.25, 0.3) is 11.8 Å². The van der Waals surface area contributed by atoms with Crippen LogP contribution in [0.15, 0.2) is 59.3 Å². The van der Waals surface area contributed by atoms with Crippen molar-refractivity contribution in [3.63, 3.8) is 0 Å². The Hall–Kier alpha value is -3.57. The number of rotatable bonds is 5. The number of ether oxygens (including phenoxy) is 1. The number of hydrogen-bond acceptors (Lipinski definition) is 6. The van der Waals surface area contributed by atoms with Crippen molar-refractivity contribution in [2.75, 3.05) is 20.2 Å². The quantitative estimate of drug-likeness (QED) is 0.592. The van der Waals surface area contributed by atoms with Crippen molar-refractivity contribution in [3.05, 3.63) is 71.4 Å². The number of halogens is 1. The second kappa shape index (κ2) is 8.03. The van der Waals surface area contributed by atoms with Crippen molar-refractivity contribution in [2.24, 2.45) is 5.41 Å². The van der Waals surface area contributed by atoms with E-state index in [-0.39, 0.29) is 42.5 Å². The molecule has 3 heterocycles. The molecule has 1 atom stereocenters. The Morgan fingerprint density at radius 2 is 1.94 bits per heavy atom. The molecule has 1 fully saturated rings. The second-order valence-corrected chi connectivity index (χ2v) is 10.2. The van der Waals surface area contributed by atoms with Crippen LogP contribution in [0.1, 0.15) is 17.7 Å². The van der Waals surface area contributed by atoms with E-state index in [1.807, 2.05) is 0 Å². The summed E-state index contributed by atoms with van der Waals surface area (Å²) >= 11 is 0. The van der Waals surface area contributed by atoms with E-state index in [9.17, 15) is 22.7 Å². The van der Waals surface area contributed by atoms with E-state index in [1.165, 1.54) is 41.9 Å². The molecule has 1 aromatic carbocycles. The summed E-state index contributed by atoms with van der Waals surface area (Å²) in [6.45, 7) is -0.0705. The molecule has 0 spiro atoms. The van der Waals surface area contributed by atoms with Crippen molar-refractivity contribution < 1.29 is 27.4 Å². The molecule has 1 unspecified atom stereocenters. The number of pyridine rings is 1. The number of sulfonamides is 1. The van der Waals surface area contributed by atoms with E-state index < -0.39 is 21.4 Å². The number of hydrogen-bond donors (Lipinski definition) is 1. The summed E-state index contributed by atoms with van der Waals surface area (Å²) in [5, 5.41) is 14.6. The fraction of sp³-hybridized carbons (Fsp3) is 0.261. The summed E-state index contributed by atoms with van der Waals surface area (Å²) < 4.78 is 47.7. The molecule has 9 nitrogen and oxygen atoms in total. The minimum Gasteiger partial charge on any atom is -0.481 e. The molecule has 176 valence electrons. The molecule has 11 heteroatoms. The molecule has 0 amide bonds. The monoisotopic (exact) mass is 484 g/mol. The number of carbonyl (C=O) groups is 1. The minimum atomic E-state index is -3.96. The second-order valence-electron chi connectivity index (χ2n) is 8.30. The first-order valence-corrected chi connectivity index (χ1v) is 12.0. The van der Waals surface area contributed by atoms with Crippen LogP contribution < -0.4 is 4.74 Å². The highest BCUT2D eigenvalue weighted by Gasteiger charge is 2.51. The predicted molar refractivity (Wildman–Crippen MR) is 119 cm³/mol. The normalized spacial score (nSPS) is 20.2. The van der Waals surface area contributed by atoms with Gasteiger partial charge in [-0.25, -0.2) is 22.5 Å². The summed E-state index contributed by atoms with van der Waals surface area (Å²) in [5.41, 5.74) is 1.27. The van der Waals surface area contributed by atoms with E-state index in [1.54, 1.807) is 29.1 Å². The first-order valence-electron chi connectivity index (χ1n) is 10.5. The fourth-order valence-corrected chi connectivity index (χ4v) is 6.03. The van der Waals surface area contributed by atoms with Crippen LogP contribution in [-0.4, -0.2) is 58.8 Å². The van der Waals surface area contributed by atoms with Gasteiger partial charge in [0.25, 0.3) is 0 Å². The van der Waals surface area contributed by atoms with Crippen LogP contribution in [0.3, 0.4) is 0 Å².